The molecular formula is C19H20Cl2FN3O. The lowest BCUT2D eigenvalue weighted by molar-refractivity contribution is 0.197. The van der Waals surface area contributed by atoms with Crippen molar-refractivity contribution in [2.75, 3.05) is 32.1 Å². The maximum atomic E-state index is 13.2. The van der Waals surface area contributed by atoms with E-state index in [-0.39, 0.29) is 23.8 Å². The van der Waals surface area contributed by atoms with Gasteiger partial charge in [-0.25, -0.2) is 9.18 Å². The second kappa shape index (κ2) is 7.82. The van der Waals surface area contributed by atoms with Crippen LogP contribution in [0.1, 0.15) is 11.5 Å². The first-order valence-electron chi connectivity index (χ1n) is 8.29. The lowest BCUT2D eigenvalue weighted by Crippen LogP contribution is -2.47. The molecule has 0 saturated carbocycles. The molecule has 1 aliphatic rings. The van der Waals surface area contributed by atoms with E-state index in [9.17, 15) is 9.18 Å². The topological polar surface area (TPSA) is 35.6 Å². The molecule has 7 heteroatoms. The van der Waals surface area contributed by atoms with Gasteiger partial charge in [-0.3, -0.25) is 4.90 Å². The Bertz CT molecular complexity index is 780. The van der Waals surface area contributed by atoms with Crippen molar-refractivity contribution in [1.82, 2.24) is 10.2 Å². The lowest BCUT2D eigenvalue weighted by atomic mass is 9.93. The molecule has 1 fully saturated rings. The van der Waals surface area contributed by atoms with Crippen molar-refractivity contribution in [2.45, 2.75) is 12.0 Å². The average Bonchev–Trinajstić information content (AvgIpc) is 3.09. The third-order valence-electron chi connectivity index (χ3n) is 4.80. The number of carbonyl (C=O) groups excluding carboxylic acids is 1. The number of benzene rings is 2. The monoisotopic (exact) mass is 395 g/mol. The predicted octanol–water partition coefficient (Wildman–Crippen LogP) is 4.38. The number of amides is 2. The second-order valence-electron chi connectivity index (χ2n) is 6.46. The molecule has 138 valence electrons. The van der Waals surface area contributed by atoms with Gasteiger partial charge in [0.1, 0.15) is 5.82 Å². The number of likely N-dealkylation sites (N-methyl/N-ethyl adjacent to an activating group) is 1. The van der Waals surface area contributed by atoms with E-state index in [2.05, 4.69) is 5.32 Å². The number of nitrogens with one attached hydrogen (secondary N) is 1. The minimum Gasteiger partial charge on any atom is -0.322 e. The van der Waals surface area contributed by atoms with Crippen molar-refractivity contribution in [3.05, 3.63) is 63.9 Å². The summed E-state index contributed by atoms with van der Waals surface area (Å²) in [5, 5.41) is 4.27. The Hall–Kier alpha value is -1.82. The maximum Gasteiger partial charge on any atom is 0.324 e. The van der Waals surface area contributed by atoms with Gasteiger partial charge in [-0.05, 0) is 35.9 Å². The summed E-state index contributed by atoms with van der Waals surface area (Å²) in [6.07, 6.45) is 0. The van der Waals surface area contributed by atoms with Crippen LogP contribution in [0, 0.1) is 5.82 Å². The van der Waals surface area contributed by atoms with Gasteiger partial charge in [0.15, 0.2) is 0 Å². The van der Waals surface area contributed by atoms with Gasteiger partial charge in [-0.1, -0.05) is 35.3 Å². The fraction of sp³-hybridized carbons (Fsp3) is 0.316. The molecule has 2 aromatic carbocycles. The van der Waals surface area contributed by atoms with Gasteiger partial charge in [-0.2, -0.15) is 0 Å². The second-order valence-corrected chi connectivity index (χ2v) is 7.34. The molecule has 1 N–H and O–H groups in total. The minimum absolute atomic E-state index is 0.0370. The van der Waals surface area contributed by atoms with Crippen LogP contribution in [0.2, 0.25) is 10.0 Å². The maximum absolute atomic E-state index is 13.2. The summed E-state index contributed by atoms with van der Waals surface area (Å²) in [5.74, 6) is -0.167. The molecule has 2 atom stereocenters. The van der Waals surface area contributed by atoms with Crippen molar-refractivity contribution in [1.29, 1.82) is 0 Å². The quantitative estimate of drug-likeness (QED) is 0.836. The molecular weight excluding hydrogens is 376 g/mol. The average molecular weight is 396 g/mol. The van der Waals surface area contributed by atoms with Crippen LogP contribution in [0.15, 0.2) is 42.5 Å². The first-order valence-corrected chi connectivity index (χ1v) is 9.05. The fourth-order valence-corrected chi connectivity index (χ4v) is 3.86. The first kappa shape index (κ1) is 19.0. The zero-order valence-electron chi connectivity index (χ0n) is 14.5. The highest BCUT2D eigenvalue weighted by atomic mass is 35.5. The number of hydrogen-bond acceptors (Lipinski definition) is 2. The zero-order valence-corrected chi connectivity index (χ0v) is 16.1. The Morgan fingerprint density at radius 2 is 1.69 bits per heavy atom. The van der Waals surface area contributed by atoms with Gasteiger partial charge in [-0.15, -0.1) is 0 Å². The molecule has 1 heterocycles. The summed E-state index contributed by atoms with van der Waals surface area (Å²) in [6.45, 7) is 1.41. The molecule has 0 aliphatic carbocycles. The van der Waals surface area contributed by atoms with Crippen LogP contribution in [0.25, 0.3) is 0 Å². The van der Waals surface area contributed by atoms with Crippen molar-refractivity contribution in [3.63, 3.8) is 0 Å². The van der Waals surface area contributed by atoms with Crippen LogP contribution < -0.4 is 10.2 Å². The largest absolute Gasteiger partial charge is 0.324 e. The molecule has 0 radical (unpaired) electrons. The molecule has 3 rings (SSSR count). The van der Waals surface area contributed by atoms with Gasteiger partial charge in [0, 0.05) is 48.8 Å². The van der Waals surface area contributed by atoms with Gasteiger partial charge in [0.05, 0.1) is 6.04 Å². The van der Waals surface area contributed by atoms with E-state index in [0.29, 0.717) is 22.3 Å². The minimum atomic E-state index is -0.266. The summed E-state index contributed by atoms with van der Waals surface area (Å²) in [7, 11) is 3.47. The van der Waals surface area contributed by atoms with E-state index in [1.54, 1.807) is 49.3 Å². The molecule has 0 aromatic heterocycles. The lowest BCUT2D eigenvalue weighted by Gasteiger charge is -2.32. The van der Waals surface area contributed by atoms with Crippen LogP contribution in [0.4, 0.5) is 14.9 Å². The Kier molecular flexibility index (Phi) is 5.70. The van der Waals surface area contributed by atoms with Crippen molar-refractivity contribution < 1.29 is 9.18 Å². The highest BCUT2D eigenvalue weighted by Crippen LogP contribution is 2.29. The number of rotatable bonds is 3. The Morgan fingerprint density at radius 1 is 1.08 bits per heavy atom. The molecule has 0 spiro atoms. The van der Waals surface area contributed by atoms with E-state index >= 15 is 0 Å². The third-order valence-corrected chi connectivity index (χ3v) is 5.24. The van der Waals surface area contributed by atoms with E-state index in [4.69, 9.17) is 23.2 Å². The van der Waals surface area contributed by atoms with Crippen LogP contribution in [0.5, 0.6) is 0 Å². The highest BCUT2D eigenvalue weighted by molar-refractivity contribution is 6.35. The van der Waals surface area contributed by atoms with Crippen molar-refractivity contribution in [3.8, 4) is 0 Å². The number of urea groups is 1. The molecule has 2 aromatic rings. The summed E-state index contributed by atoms with van der Waals surface area (Å²) in [6, 6.07) is 11.3. The van der Waals surface area contributed by atoms with E-state index in [0.717, 1.165) is 12.1 Å². The van der Waals surface area contributed by atoms with E-state index < -0.39 is 0 Å². The zero-order chi connectivity index (χ0) is 18.8. The molecule has 1 aliphatic heterocycles. The summed E-state index contributed by atoms with van der Waals surface area (Å²) < 4.78 is 13.2. The van der Waals surface area contributed by atoms with Crippen LogP contribution in [0.3, 0.4) is 0 Å². The van der Waals surface area contributed by atoms with Gasteiger partial charge < -0.3 is 10.2 Å². The Labute approximate surface area is 162 Å². The van der Waals surface area contributed by atoms with E-state index in [1.165, 1.54) is 17.0 Å². The SMILES string of the molecule is CN(C(=O)N(C)[C@@H]1CNC[C@H]1c1ccc(F)cc1)c1cc(Cl)cc(Cl)c1. The molecule has 2 amide bonds. The van der Waals surface area contributed by atoms with Gasteiger partial charge >= 0.3 is 6.03 Å². The Balaban J connectivity index is 1.79. The first-order chi connectivity index (χ1) is 12.4. The van der Waals surface area contributed by atoms with Crippen molar-refractivity contribution in [2.24, 2.45) is 0 Å². The number of hydrogen-bond donors (Lipinski definition) is 1. The van der Waals surface area contributed by atoms with Gasteiger partial charge in [0.2, 0.25) is 0 Å². The predicted molar refractivity (Wildman–Crippen MR) is 104 cm³/mol. The fourth-order valence-electron chi connectivity index (χ4n) is 3.34. The van der Waals surface area contributed by atoms with Gasteiger partial charge in [0.25, 0.3) is 0 Å². The third kappa shape index (κ3) is 3.95. The summed E-state index contributed by atoms with van der Waals surface area (Å²) in [4.78, 5) is 16.2. The van der Waals surface area contributed by atoms with Crippen LogP contribution in [-0.4, -0.2) is 44.2 Å². The molecule has 0 unspecified atom stereocenters. The number of carbonyl (C=O) groups is 1. The number of nitrogens with zero attached hydrogens (tertiary/aromatic N) is 2. The molecule has 26 heavy (non-hydrogen) atoms. The standard InChI is InChI=1S/C19H20Cl2FN3O/c1-24(16-8-13(20)7-14(21)9-16)19(26)25(2)18-11-23-10-17(18)12-3-5-15(22)6-4-12/h3-9,17-18,23H,10-11H2,1-2H3/t17-,18+/m0/s1. The number of anilines is 1. The number of halogens is 3. The summed E-state index contributed by atoms with van der Waals surface area (Å²) >= 11 is 12.1. The van der Waals surface area contributed by atoms with E-state index in [1.807, 2.05) is 0 Å². The highest BCUT2D eigenvalue weighted by Gasteiger charge is 2.35. The molecule has 4 nitrogen and oxygen atoms in total. The van der Waals surface area contributed by atoms with Crippen molar-refractivity contribution >= 4 is 34.9 Å². The Morgan fingerprint density at radius 3 is 2.31 bits per heavy atom. The van der Waals surface area contributed by atoms with Crippen LogP contribution in [-0.2, 0) is 0 Å². The molecule has 0 bridgehead atoms. The smallest absolute Gasteiger partial charge is 0.322 e. The summed E-state index contributed by atoms with van der Waals surface area (Å²) in [5.41, 5.74) is 1.64. The normalized spacial score (nSPS) is 19.4. The molecule has 1 saturated heterocycles. The van der Waals surface area contributed by atoms with Crippen LogP contribution >= 0.6 is 23.2 Å².